The first-order valence-corrected chi connectivity index (χ1v) is 13.5. The van der Waals surface area contributed by atoms with Gasteiger partial charge in [-0.3, -0.25) is 20.4 Å². The molecule has 0 aromatic heterocycles. The topological polar surface area (TPSA) is 118 Å². The first-order valence-electron chi connectivity index (χ1n) is 12.6. The van der Waals surface area contributed by atoms with Crippen LogP contribution in [0.2, 0.25) is 0 Å². The Morgan fingerprint density at radius 3 is 1.82 bits per heavy atom. The van der Waals surface area contributed by atoms with Crippen molar-refractivity contribution in [3.8, 4) is 0 Å². The average Bonchev–Trinajstić information content (AvgIpc) is 2.96. The van der Waals surface area contributed by atoms with Gasteiger partial charge in [-0.15, -0.1) is 11.8 Å². The van der Waals surface area contributed by atoms with Crippen LogP contribution in [-0.2, 0) is 27.5 Å². The van der Waals surface area contributed by atoms with E-state index in [9.17, 15) is 14.4 Å². The van der Waals surface area contributed by atoms with Crippen molar-refractivity contribution >= 4 is 35.8 Å². The molecule has 0 aliphatic carbocycles. The third-order valence-corrected chi connectivity index (χ3v) is 7.05. The second-order valence-electron chi connectivity index (χ2n) is 8.71. The van der Waals surface area contributed by atoms with Gasteiger partial charge in [-0.05, 0) is 36.1 Å². The molecule has 3 aromatic carbocycles. The van der Waals surface area contributed by atoms with E-state index < -0.39 is 12.2 Å². The number of nitrogens with zero attached hydrogens (tertiary/aromatic N) is 1. The molecule has 3 N–H and O–H groups in total. The van der Waals surface area contributed by atoms with Crippen LogP contribution in [0.15, 0.2) is 101 Å². The molecule has 202 valence electrons. The number of alkyl carbamates (subject to hydrolysis) is 2. The van der Waals surface area contributed by atoms with E-state index in [1.165, 1.54) is 0 Å². The van der Waals surface area contributed by atoms with E-state index in [1.54, 1.807) is 11.8 Å². The number of amides is 3. The van der Waals surface area contributed by atoms with Crippen LogP contribution in [-0.4, -0.2) is 36.0 Å². The standard InChI is InChI=1S/C29H30N4O5S/c34-25-24(26(31-25)39-23-15-8-3-9-16-23)17-10-18-30-27(32-28(35)37-19-21-11-4-1-5-12-21)33-29(36)38-20-22-13-6-2-7-14-22/h1-9,11-16,24,26H,10,17-20H2,(H,31,34)(H2,30,32,33,35,36)/t24-,26+/m0/s1. The van der Waals surface area contributed by atoms with Crippen LogP contribution in [0.1, 0.15) is 24.0 Å². The highest BCUT2D eigenvalue weighted by Crippen LogP contribution is 2.34. The van der Waals surface area contributed by atoms with Crippen LogP contribution in [0.25, 0.3) is 0 Å². The zero-order valence-electron chi connectivity index (χ0n) is 21.2. The van der Waals surface area contributed by atoms with Crippen LogP contribution in [0, 0.1) is 5.92 Å². The largest absolute Gasteiger partial charge is 0.444 e. The fraction of sp³-hybridized carbons (Fsp3) is 0.241. The van der Waals surface area contributed by atoms with Crippen molar-refractivity contribution in [2.45, 2.75) is 36.3 Å². The SMILES string of the molecule is O=C(NC(=NCCC[C@H]1C(=O)N[C@@H]1Sc1ccccc1)NC(=O)OCc1ccccc1)OCc1ccccc1. The maximum Gasteiger partial charge on any atom is 0.414 e. The number of hydrogen-bond donors (Lipinski definition) is 3. The average molecular weight is 547 g/mol. The van der Waals surface area contributed by atoms with Gasteiger partial charge in [0.15, 0.2) is 0 Å². The molecule has 4 rings (SSSR count). The molecule has 0 unspecified atom stereocenters. The van der Waals surface area contributed by atoms with Gasteiger partial charge in [-0.1, -0.05) is 78.9 Å². The molecule has 39 heavy (non-hydrogen) atoms. The number of benzene rings is 3. The molecule has 1 fully saturated rings. The lowest BCUT2D eigenvalue weighted by atomic mass is 9.96. The van der Waals surface area contributed by atoms with E-state index in [-0.39, 0.29) is 42.9 Å². The third kappa shape index (κ3) is 9.19. The first-order chi connectivity index (χ1) is 19.1. The minimum absolute atomic E-state index is 0.000490. The lowest BCUT2D eigenvalue weighted by molar-refractivity contribution is -0.132. The number of carbonyl (C=O) groups excluding carboxylic acids is 3. The van der Waals surface area contributed by atoms with Crippen molar-refractivity contribution in [2.24, 2.45) is 10.9 Å². The Hall–Kier alpha value is -4.31. The summed E-state index contributed by atoms with van der Waals surface area (Å²) in [6.07, 6.45) is -0.337. The summed E-state index contributed by atoms with van der Waals surface area (Å²) in [7, 11) is 0. The fourth-order valence-electron chi connectivity index (χ4n) is 3.75. The number of nitrogens with one attached hydrogen (secondary N) is 3. The molecule has 0 spiro atoms. The summed E-state index contributed by atoms with van der Waals surface area (Å²) in [5.74, 6) is -0.210. The molecule has 3 amide bonds. The minimum Gasteiger partial charge on any atom is -0.444 e. The highest BCUT2D eigenvalue weighted by molar-refractivity contribution is 8.00. The maximum absolute atomic E-state index is 12.4. The number of ether oxygens (including phenoxy) is 2. The molecule has 1 heterocycles. The van der Waals surface area contributed by atoms with Crippen LogP contribution in [0.4, 0.5) is 9.59 Å². The molecule has 0 saturated carbocycles. The Labute approximate surface area is 231 Å². The monoisotopic (exact) mass is 546 g/mol. The molecule has 1 aliphatic rings. The van der Waals surface area contributed by atoms with Gasteiger partial charge in [0.2, 0.25) is 11.9 Å². The van der Waals surface area contributed by atoms with Gasteiger partial charge in [-0.25, -0.2) is 9.59 Å². The van der Waals surface area contributed by atoms with Crippen molar-refractivity contribution in [1.29, 1.82) is 0 Å². The van der Waals surface area contributed by atoms with E-state index in [2.05, 4.69) is 20.9 Å². The van der Waals surface area contributed by atoms with Gasteiger partial charge >= 0.3 is 12.2 Å². The molecule has 1 aliphatic heterocycles. The summed E-state index contributed by atoms with van der Waals surface area (Å²) >= 11 is 1.62. The maximum atomic E-state index is 12.4. The normalized spacial score (nSPS) is 15.7. The third-order valence-electron chi connectivity index (χ3n) is 5.80. The molecule has 0 radical (unpaired) electrons. The summed E-state index contributed by atoms with van der Waals surface area (Å²) < 4.78 is 10.5. The molecule has 1 saturated heterocycles. The van der Waals surface area contributed by atoms with Crippen molar-refractivity contribution in [3.05, 3.63) is 102 Å². The van der Waals surface area contributed by atoms with Crippen molar-refractivity contribution in [1.82, 2.24) is 16.0 Å². The molecular weight excluding hydrogens is 516 g/mol. The number of thioether (sulfide) groups is 1. The second kappa shape index (κ2) is 14.6. The van der Waals surface area contributed by atoms with Crippen LogP contribution in [0.5, 0.6) is 0 Å². The van der Waals surface area contributed by atoms with E-state index >= 15 is 0 Å². The number of β-lactam (4-membered cyclic amide) rings is 1. The number of aliphatic imine (C=N–C) groups is 1. The second-order valence-corrected chi connectivity index (χ2v) is 9.93. The summed E-state index contributed by atoms with van der Waals surface area (Å²) in [5.41, 5.74) is 1.64. The predicted molar refractivity (Wildman–Crippen MR) is 149 cm³/mol. The van der Waals surface area contributed by atoms with Crippen LogP contribution < -0.4 is 16.0 Å². The van der Waals surface area contributed by atoms with Gasteiger partial charge in [0.1, 0.15) is 13.2 Å². The first kappa shape index (κ1) is 27.7. The Morgan fingerprint density at radius 2 is 1.31 bits per heavy atom. The smallest absolute Gasteiger partial charge is 0.414 e. The zero-order valence-corrected chi connectivity index (χ0v) is 22.1. The fourth-order valence-corrected chi connectivity index (χ4v) is 4.96. The summed E-state index contributed by atoms with van der Waals surface area (Å²) in [5, 5.41) is 7.89. The molecule has 9 nitrogen and oxygen atoms in total. The van der Waals surface area contributed by atoms with E-state index in [0.717, 1.165) is 16.0 Å². The Bertz CT molecular complexity index is 1200. The van der Waals surface area contributed by atoms with Crippen LogP contribution in [0.3, 0.4) is 0 Å². The number of rotatable bonds is 10. The van der Waals surface area contributed by atoms with Gasteiger partial charge in [0, 0.05) is 11.4 Å². The molecule has 10 heteroatoms. The summed E-state index contributed by atoms with van der Waals surface area (Å²) in [4.78, 5) is 42.3. The number of carbonyl (C=O) groups is 3. The molecular formula is C29H30N4O5S. The highest BCUT2D eigenvalue weighted by Gasteiger charge is 2.39. The lowest BCUT2D eigenvalue weighted by Crippen LogP contribution is -2.56. The van der Waals surface area contributed by atoms with Gasteiger partial charge < -0.3 is 14.8 Å². The van der Waals surface area contributed by atoms with Gasteiger partial charge in [0.05, 0.1) is 11.3 Å². The molecule has 3 aromatic rings. The van der Waals surface area contributed by atoms with Crippen molar-refractivity contribution in [3.63, 3.8) is 0 Å². The van der Waals surface area contributed by atoms with Gasteiger partial charge in [-0.2, -0.15) is 0 Å². The zero-order chi connectivity index (χ0) is 27.3. The van der Waals surface area contributed by atoms with E-state index in [0.29, 0.717) is 12.8 Å². The number of guanidine groups is 1. The Morgan fingerprint density at radius 1 is 0.795 bits per heavy atom. The lowest BCUT2D eigenvalue weighted by Gasteiger charge is -2.36. The summed E-state index contributed by atoms with van der Waals surface area (Å²) in [6, 6.07) is 28.4. The quantitative estimate of drug-likeness (QED) is 0.145. The summed E-state index contributed by atoms with van der Waals surface area (Å²) in [6.45, 7) is 0.408. The van der Waals surface area contributed by atoms with Crippen LogP contribution >= 0.6 is 11.8 Å². The predicted octanol–water partition coefficient (Wildman–Crippen LogP) is 4.84. The van der Waals surface area contributed by atoms with Gasteiger partial charge in [0.25, 0.3) is 0 Å². The Balaban J connectivity index is 1.29. The number of hydrogen-bond acceptors (Lipinski definition) is 7. The molecule has 2 atom stereocenters. The minimum atomic E-state index is -0.765. The molecule has 0 bridgehead atoms. The van der Waals surface area contributed by atoms with E-state index in [4.69, 9.17) is 9.47 Å². The van der Waals surface area contributed by atoms with Crippen molar-refractivity contribution < 1.29 is 23.9 Å². The highest BCUT2D eigenvalue weighted by atomic mass is 32.2. The Kier molecular flexibility index (Phi) is 10.4. The van der Waals surface area contributed by atoms with Crippen molar-refractivity contribution in [2.75, 3.05) is 6.54 Å². The van der Waals surface area contributed by atoms with E-state index in [1.807, 2.05) is 91.0 Å².